The van der Waals surface area contributed by atoms with Crippen molar-refractivity contribution in [2.75, 3.05) is 0 Å². The quantitative estimate of drug-likeness (QED) is 0.0955. The first kappa shape index (κ1) is 42.9. The molecule has 0 bridgehead atoms. The second-order valence-electron chi connectivity index (χ2n) is 12.2. The second-order valence-corrected chi connectivity index (χ2v) is 21.2. The number of hydrogen-bond acceptors (Lipinski definition) is 6. The molecule has 0 amide bonds. The van der Waals surface area contributed by atoms with Crippen molar-refractivity contribution < 1.29 is 59.2 Å². The van der Waals surface area contributed by atoms with Gasteiger partial charge in [0.05, 0.1) is 0 Å². The van der Waals surface area contributed by atoms with Crippen molar-refractivity contribution in [2.45, 2.75) is 51.7 Å². The first-order valence-corrected chi connectivity index (χ1v) is 22.6. The van der Waals surface area contributed by atoms with Crippen molar-refractivity contribution in [3.05, 3.63) is 182 Å². The first-order valence-electron chi connectivity index (χ1n) is 16.7. The standard InChI is InChI=1S/C40H30F8O6S4/c41-37(42,39(45,46)57(49,50)53-55(31-19-7-1-8-20-31,32-21-9-2-10-22-32)33-23-11-3-12-24-33)38(43,44)40(47,48)58(51,52)54-56(34-25-13-4-14-26-34,35-27-15-5-16-28-35)36-29-17-6-18-30-36/h1-30H. The number of alkyl halides is 8. The molecule has 0 heterocycles. The average Bonchev–Trinajstić information content (AvgIpc) is 3.23. The largest absolute Gasteiger partial charge is 0.439 e. The van der Waals surface area contributed by atoms with Gasteiger partial charge in [0.2, 0.25) is 0 Å². The Morgan fingerprint density at radius 3 is 0.603 bits per heavy atom. The monoisotopic (exact) mass is 886 g/mol. The van der Waals surface area contributed by atoms with Crippen LogP contribution in [0.5, 0.6) is 0 Å². The second kappa shape index (κ2) is 15.8. The molecule has 0 aromatic heterocycles. The number of halogens is 8. The number of benzene rings is 6. The van der Waals surface area contributed by atoms with Gasteiger partial charge in [-0.1, -0.05) is 109 Å². The van der Waals surface area contributed by atoms with Crippen LogP contribution in [0.2, 0.25) is 0 Å². The van der Waals surface area contributed by atoms with Crippen LogP contribution in [0.1, 0.15) is 0 Å². The lowest BCUT2D eigenvalue weighted by molar-refractivity contribution is -0.327. The number of rotatable bonds is 15. The van der Waals surface area contributed by atoms with Gasteiger partial charge in [0, 0.05) is 29.4 Å². The molecule has 0 radical (unpaired) electrons. The first-order chi connectivity index (χ1) is 27.3. The lowest BCUT2D eigenvalue weighted by Gasteiger charge is -2.43. The molecule has 0 aliphatic rings. The van der Waals surface area contributed by atoms with Gasteiger partial charge in [0.15, 0.2) is 0 Å². The van der Waals surface area contributed by atoms with E-state index < -0.39 is 63.2 Å². The van der Waals surface area contributed by atoms with Crippen LogP contribution >= 0.6 is 20.6 Å². The molecule has 6 aromatic carbocycles. The van der Waals surface area contributed by atoms with E-state index in [0.717, 1.165) is 0 Å². The van der Waals surface area contributed by atoms with Crippen LogP contribution < -0.4 is 0 Å². The van der Waals surface area contributed by atoms with Crippen LogP contribution in [0.4, 0.5) is 35.1 Å². The van der Waals surface area contributed by atoms with E-state index in [0.29, 0.717) is 0 Å². The maximum Gasteiger partial charge on any atom is 0.439 e. The molecule has 306 valence electrons. The summed E-state index contributed by atoms with van der Waals surface area (Å²) in [5.41, 5.74) is 0. The Kier molecular flexibility index (Phi) is 11.7. The van der Waals surface area contributed by atoms with Crippen LogP contribution in [0.25, 0.3) is 0 Å². The van der Waals surface area contributed by atoms with Gasteiger partial charge in [-0.15, -0.1) is 0 Å². The van der Waals surface area contributed by atoms with Crippen molar-refractivity contribution in [2.24, 2.45) is 0 Å². The molecule has 58 heavy (non-hydrogen) atoms. The SMILES string of the molecule is O=S(=O)(OS(c1ccccc1)(c1ccccc1)c1ccccc1)C(F)(F)C(F)(F)C(F)(F)C(F)(F)S(=O)(=O)OS(c1ccccc1)(c1ccccc1)c1ccccc1. The highest BCUT2D eigenvalue weighted by Crippen LogP contribution is 2.73. The van der Waals surface area contributed by atoms with E-state index in [1.54, 1.807) is 0 Å². The zero-order chi connectivity index (χ0) is 42.1. The lowest BCUT2D eigenvalue weighted by atomic mass is 10.2. The van der Waals surface area contributed by atoms with Gasteiger partial charge in [-0.2, -0.15) is 52.0 Å². The highest BCUT2D eigenvalue weighted by Gasteiger charge is 2.88. The zero-order valence-electron chi connectivity index (χ0n) is 29.4. The Balaban J connectivity index is 1.49. The normalized spacial score (nSPS) is 14.1. The fraction of sp³-hybridized carbons (Fsp3) is 0.100. The molecule has 0 atom stereocenters. The molecule has 0 saturated carbocycles. The molecular weight excluding hydrogens is 857 g/mol. The van der Waals surface area contributed by atoms with Crippen LogP contribution in [0.3, 0.4) is 0 Å². The van der Waals surface area contributed by atoms with Crippen molar-refractivity contribution >= 4 is 40.9 Å². The van der Waals surface area contributed by atoms with Gasteiger partial charge < -0.3 is 0 Å². The fourth-order valence-electron chi connectivity index (χ4n) is 5.76. The summed E-state index contributed by atoms with van der Waals surface area (Å²) >= 11 is 0. The van der Waals surface area contributed by atoms with E-state index in [9.17, 15) is 16.8 Å². The molecule has 0 unspecified atom stereocenters. The Hall–Kier alpha value is -4.72. The summed E-state index contributed by atoms with van der Waals surface area (Å²) in [5.74, 6) is -15.4. The summed E-state index contributed by atoms with van der Waals surface area (Å²) in [6.45, 7) is 0. The van der Waals surface area contributed by atoms with E-state index in [2.05, 4.69) is 0 Å². The maximum absolute atomic E-state index is 16.1. The summed E-state index contributed by atoms with van der Waals surface area (Å²) in [5, 5.41) is -14.5. The minimum absolute atomic E-state index is 0.204. The number of hydrogen-bond donors (Lipinski definition) is 0. The average molecular weight is 887 g/mol. The molecule has 6 rings (SSSR count). The third-order valence-electron chi connectivity index (χ3n) is 8.59. The van der Waals surface area contributed by atoms with Gasteiger partial charge in [0.1, 0.15) is 0 Å². The molecule has 6 aromatic rings. The van der Waals surface area contributed by atoms with Crippen molar-refractivity contribution in [1.29, 1.82) is 0 Å². The van der Waals surface area contributed by atoms with Crippen molar-refractivity contribution in [3.8, 4) is 0 Å². The van der Waals surface area contributed by atoms with Gasteiger partial charge in [-0.25, -0.2) is 7.26 Å². The molecule has 0 fully saturated rings. The maximum atomic E-state index is 16.1. The zero-order valence-corrected chi connectivity index (χ0v) is 32.7. The van der Waals surface area contributed by atoms with E-state index in [1.165, 1.54) is 182 Å². The molecule has 0 spiro atoms. The van der Waals surface area contributed by atoms with Crippen molar-refractivity contribution in [1.82, 2.24) is 0 Å². The summed E-state index contributed by atoms with van der Waals surface area (Å²) in [4.78, 5) is -1.22. The Morgan fingerprint density at radius 2 is 0.448 bits per heavy atom. The minimum Gasteiger partial charge on any atom is -0.202 e. The Morgan fingerprint density at radius 1 is 0.293 bits per heavy atom. The van der Waals surface area contributed by atoms with Crippen LogP contribution in [-0.4, -0.2) is 39.2 Å². The predicted octanol–water partition coefficient (Wildman–Crippen LogP) is 11.9. The van der Waals surface area contributed by atoms with E-state index in [1.807, 2.05) is 0 Å². The third kappa shape index (κ3) is 6.98. The summed E-state index contributed by atoms with van der Waals surface area (Å²) in [7, 11) is -23.2. The Labute approximate surface area is 332 Å². The predicted molar refractivity (Wildman–Crippen MR) is 203 cm³/mol. The van der Waals surface area contributed by atoms with Crippen molar-refractivity contribution in [3.63, 3.8) is 0 Å². The van der Waals surface area contributed by atoms with E-state index in [-0.39, 0.29) is 29.4 Å². The molecule has 0 N–H and O–H groups in total. The molecule has 0 aliphatic heterocycles. The van der Waals surface area contributed by atoms with E-state index in [4.69, 9.17) is 7.26 Å². The smallest absolute Gasteiger partial charge is 0.202 e. The van der Waals surface area contributed by atoms with Gasteiger partial charge in [-0.3, -0.25) is 0 Å². The van der Waals surface area contributed by atoms with Crippen LogP contribution in [0.15, 0.2) is 211 Å². The highest BCUT2D eigenvalue weighted by atomic mass is 32.3. The molecular formula is C40H30F8O6S4. The molecule has 0 aliphatic carbocycles. The summed E-state index contributed by atoms with van der Waals surface area (Å²) < 4.78 is 193. The van der Waals surface area contributed by atoms with Crippen LogP contribution in [0, 0.1) is 0 Å². The van der Waals surface area contributed by atoms with Gasteiger partial charge >= 0.3 is 42.6 Å². The third-order valence-corrected chi connectivity index (χ3v) is 19.0. The fourth-order valence-corrected chi connectivity index (χ4v) is 16.2. The molecule has 18 heteroatoms. The molecule has 0 saturated heterocycles. The minimum atomic E-state index is -7.70. The Bertz CT molecular complexity index is 2170. The topological polar surface area (TPSA) is 86.7 Å². The summed E-state index contributed by atoms with van der Waals surface area (Å²) in [6.07, 6.45) is 0. The van der Waals surface area contributed by atoms with Crippen LogP contribution in [-0.2, 0) is 27.5 Å². The van der Waals surface area contributed by atoms with Gasteiger partial charge in [0.25, 0.3) is 0 Å². The highest BCUT2D eigenvalue weighted by molar-refractivity contribution is 8.33. The van der Waals surface area contributed by atoms with E-state index >= 15 is 35.1 Å². The summed E-state index contributed by atoms with van der Waals surface area (Å²) in [6, 6.07) is 39.0. The van der Waals surface area contributed by atoms with Gasteiger partial charge in [-0.05, 0) is 93.4 Å². The molecule has 6 nitrogen and oxygen atoms in total. The lowest BCUT2D eigenvalue weighted by Crippen LogP contribution is -2.66.